The molecule has 0 saturated carbocycles. The Bertz CT molecular complexity index is 272. The summed E-state index contributed by atoms with van der Waals surface area (Å²) < 4.78 is 5.02. The molecule has 0 aromatic carbocycles. The molecule has 0 atom stereocenters. The highest BCUT2D eigenvalue weighted by molar-refractivity contribution is 7.98. The predicted octanol–water partition coefficient (Wildman–Crippen LogP) is 1.76. The fourth-order valence-corrected chi connectivity index (χ4v) is 1.58. The molecule has 0 aliphatic heterocycles. The Morgan fingerprint density at radius 3 is 3.00 bits per heavy atom. The van der Waals surface area contributed by atoms with Crippen molar-refractivity contribution in [1.29, 1.82) is 0 Å². The maximum Gasteiger partial charge on any atom is 0.211 e. The number of likely N-dealkylation sites (N-methyl/N-ethyl adjacent to an activating group) is 1. The van der Waals surface area contributed by atoms with Gasteiger partial charge in [0.15, 0.2) is 5.76 Å². The van der Waals surface area contributed by atoms with E-state index >= 15 is 0 Å². The van der Waals surface area contributed by atoms with E-state index < -0.39 is 0 Å². The number of ketones is 1. The SMILES string of the molecule is CSCCN(C)CC(=O)c1ccco1. The van der Waals surface area contributed by atoms with Crippen LogP contribution >= 0.6 is 11.8 Å². The maximum atomic E-state index is 11.5. The van der Waals surface area contributed by atoms with Crippen molar-refractivity contribution in [1.82, 2.24) is 4.90 Å². The fourth-order valence-electron chi connectivity index (χ4n) is 1.09. The van der Waals surface area contributed by atoms with Gasteiger partial charge < -0.3 is 4.42 Å². The van der Waals surface area contributed by atoms with E-state index in [1.807, 2.05) is 11.9 Å². The number of furan rings is 1. The first-order chi connectivity index (χ1) is 6.74. The molecule has 4 heteroatoms. The summed E-state index contributed by atoms with van der Waals surface area (Å²) in [6.07, 6.45) is 3.58. The van der Waals surface area contributed by atoms with Crippen molar-refractivity contribution in [3.8, 4) is 0 Å². The van der Waals surface area contributed by atoms with Crippen molar-refractivity contribution in [2.24, 2.45) is 0 Å². The zero-order valence-electron chi connectivity index (χ0n) is 8.53. The van der Waals surface area contributed by atoms with Gasteiger partial charge in [0, 0.05) is 12.3 Å². The molecule has 1 rings (SSSR count). The van der Waals surface area contributed by atoms with Crippen LogP contribution in [0.2, 0.25) is 0 Å². The van der Waals surface area contributed by atoms with Gasteiger partial charge in [0.1, 0.15) is 0 Å². The second-order valence-corrected chi connectivity index (χ2v) is 4.12. The van der Waals surface area contributed by atoms with Gasteiger partial charge in [-0.2, -0.15) is 11.8 Å². The number of nitrogens with zero attached hydrogens (tertiary/aromatic N) is 1. The van der Waals surface area contributed by atoms with Crippen LogP contribution in [-0.4, -0.2) is 42.8 Å². The zero-order valence-corrected chi connectivity index (χ0v) is 9.34. The second-order valence-electron chi connectivity index (χ2n) is 3.13. The van der Waals surface area contributed by atoms with E-state index in [1.54, 1.807) is 23.9 Å². The molecule has 78 valence electrons. The average Bonchev–Trinajstić information content (AvgIpc) is 2.67. The Morgan fingerprint density at radius 1 is 1.64 bits per heavy atom. The number of hydrogen-bond donors (Lipinski definition) is 0. The maximum absolute atomic E-state index is 11.5. The average molecular weight is 213 g/mol. The molecule has 1 aromatic rings. The topological polar surface area (TPSA) is 33.5 Å². The number of carbonyl (C=O) groups excluding carboxylic acids is 1. The molecule has 0 N–H and O–H groups in total. The van der Waals surface area contributed by atoms with Gasteiger partial charge in [-0.15, -0.1) is 0 Å². The van der Waals surface area contributed by atoms with E-state index in [0.29, 0.717) is 12.3 Å². The normalized spacial score (nSPS) is 10.8. The molecule has 0 fully saturated rings. The van der Waals surface area contributed by atoms with Gasteiger partial charge in [-0.3, -0.25) is 9.69 Å². The minimum atomic E-state index is 0.0404. The number of thioether (sulfide) groups is 1. The Hall–Kier alpha value is -0.740. The summed E-state index contributed by atoms with van der Waals surface area (Å²) in [4.78, 5) is 13.5. The highest BCUT2D eigenvalue weighted by atomic mass is 32.2. The second kappa shape index (κ2) is 5.88. The third kappa shape index (κ3) is 3.55. The summed E-state index contributed by atoms with van der Waals surface area (Å²) in [7, 11) is 1.94. The van der Waals surface area contributed by atoms with Gasteiger partial charge in [0.2, 0.25) is 5.78 Å². The van der Waals surface area contributed by atoms with Crippen LogP contribution in [0.4, 0.5) is 0 Å². The molecule has 1 aromatic heterocycles. The summed E-state index contributed by atoms with van der Waals surface area (Å²) in [6, 6.07) is 3.43. The van der Waals surface area contributed by atoms with Crippen LogP contribution < -0.4 is 0 Å². The molecule has 0 radical (unpaired) electrons. The van der Waals surface area contributed by atoms with Crippen LogP contribution in [0.3, 0.4) is 0 Å². The smallest absolute Gasteiger partial charge is 0.211 e. The molecule has 14 heavy (non-hydrogen) atoms. The lowest BCUT2D eigenvalue weighted by Crippen LogP contribution is -2.27. The monoisotopic (exact) mass is 213 g/mol. The van der Waals surface area contributed by atoms with Crippen LogP contribution in [0, 0.1) is 0 Å². The fraction of sp³-hybridized carbons (Fsp3) is 0.500. The third-order valence-electron chi connectivity index (χ3n) is 1.89. The first-order valence-corrected chi connectivity index (χ1v) is 5.87. The van der Waals surface area contributed by atoms with E-state index in [9.17, 15) is 4.79 Å². The summed E-state index contributed by atoms with van der Waals surface area (Å²) in [6.45, 7) is 1.35. The quantitative estimate of drug-likeness (QED) is 0.674. The summed E-state index contributed by atoms with van der Waals surface area (Å²) in [5.41, 5.74) is 0. The highest BCUT2D eigenvalue weighted by Crippen LogP contribution is 2.02. The first-order valence-electron chi connectivity index (χ1n) is 4.48. The number of carbonyl (C=O) groups is 1. The third-order valence-corrected chi connectivity index (χ3v) is 2.48. The Labute approximate surface area is 88.5 Å². The number of Topliss-reactive ketones (excluding diaryl/α,β-unsaturated/α-hetero) is 1. The minimum Gasteiger partial charge on any atom is -0.461 e. The Kier molecular flexibility index (Phi) is 4.76. The van der Waals surface area contributed by atoms with Crippen LogP contribution in [0.1, 0.15) is 10.6 Å². The van der Waals surface area contributed by atoms with Gasteiger partial charge in [-0.05, 0) is 25.4 Å². The van der Waals surface area contributed by atoms with Crippen LogP contribution in [-0.2, 0) is 0 Å². The van der Waals surface area contributed by atoms with E-state index in [4.69, 9.17) is 4.42 Å². The van der Waals surface area contributed by atoms with Crippen LogP contribution in [0.15, 0.2) is 22.8 Å². The minimum absolute atomic E-state index is 0.0404. The van der Waals surface area contributed by atoms with Crippen molar-refractivity contribution in [3.05, 3.63) is 24.2 Å². The van der Waals surface area contributed by atoms with E-state index in [0.717, 1.165) is 12.3 Å². The lowest BCUT2D eigenvalue weighted by molar-refractivity contribution is 0.0922. The highest BCUT2D eigenvalue weighted by Gasteiger charge is 2.10. The van der Waals surface area contributed by atoms with Gasteiger partial charge in [0.05, 0.1) is 12.8 Å². The number of rotatable bonds is 6. The molecular formula is C10H15NO2S. The van der Waals surface area contributed by atoms with E-state index in [2.05, 4.69) is 6.26 Å². The summed E-state index contributed by atoms with van der Waals surface area (Å²) in [5, 5.41) is 0. The Balaban J connectivity index is 2.34. The Morgan fingerprint density at radius 2 is 2.43 bits per heavy atom. The van der Waals surface area contributed by atoms with Crippen molar-refractivity contribution in [2.75, 3.05) is 32.1 Å². The molecule has 0 aliphatic rings. The summed E-state index contributed by atoms with van der Waals surface area (Å²) in [5.74, 6) is 1.53. The summed E-state index contributed by atoms with van der Waals surface area (Å²) >= 11 is 1.78. The standard InChI is InChI=1S/C10H15NO2S/c1-11(5-7-14-2)8-9(12)10-4-3-6-13-10/h3-4,6H,5,7-8H2,1-2H3. The molecule has 0 spiro atoms. The first kappa shape index (κ1) is 11.3. The molecule has 0 bridgehead atoms. The van der Waals surface area contributed by atoms with Gasteiger partial charge in [-0.1, -0.05) is 0 Å². The molecular weight excluding hydrogens is 198 g/mol. The zero-order chi connectivity index (χ0) is 10.4. The van der Waals surface area contributed by atoms with Crippen LogP contribution in [0.5, 0.6) is 0 Å². The van der Waals surface area contributed by atoms with E-state index in [-0.39, 0.29) is 5.78 Å². The molecule has 0 amide bonds. The molecule has 3 nitrogen and oxygen atoms in total. The molecule has 0 unspecified atom stereocenters. The molecule has 0 aliphatic carbocycles. The van der Waals surface area contributed by atoms with Crippen LogP contribution in [0.25, 0.3) is 0 Å². The molecule has 0 saturated heterocycles. The molecule has 1 heterocycles. The van der Waals surface area contributed by atoms with Crippen molar-refractivity contribution in [2.45, 2.75) is 0 Å². The van der Waals surface area contributed by atoms with Gasteiger partial charge in [0.25, 0.3) is 0 Å². The lowest BCUT2D eigenvalue weighted by Gasteiger charge is -2.13. The van der Waals surface area contributed by atoms with Gasteiger partial charge >= 0.3 is 0 Å². The lowest BCUT2D eigenvalue weighted by atomic mass is 10.3. The van der Waals surface area contributed by atoms with Gasteiger partial charge in [-0.25, -0.2) is 0 Å². The number of hydrogen-bond acceptors (Lipinski definition) is 4. The van der Waals surface area contributed by atoms with E-state index in [1.165, 1.54) is 6.26 Å². The largest absolute Gasteiger partial charge is 0.461 e. The van der Waals surface area contributed by atoms with Crippen molar-refractivity contribution in [3.63, 3.8) is 0 Å². The predicted molar refractivity (Wildman–Crippen MR) is 58.9 cm³/mol. The van der Waals surface area contributed by atoms with Crippen molar-refractivity contribution < 1.29 is 9.21 Å². The van der Waals surface area contributed by atoms with Crippen molar-refractivity contribution >= 4 is 17.5 Å².